The van der Waals surface area contributed by atoms with Gasteiger partial charge in [-0.1, -0.05) is 24.3 Å². The largest absolute Gasteiger partial charge is 0.379 e. The summed E-state index contributed by atoms with van der Waals surface area (Å²) in [4.78, 5) is 11.7. The van der Waals surface area contributed by atoms with E-state index in [1.165, 1.54) is 5.39 Å². The number of ether oxygens (including phenoxy) is 1. The average molecular weight is 483 g/mol. The average Bonchev–Trinajstić information content (AvgIpc) is 2.70. The molecule has 0 bridgehead atoms. The van der Waals surface area contributed by atoms with Gasteiger partial charge in [0.2, 0.25) is 0 Å². The van der Waals surface area contributed by atoms with Gasteiger partial charge in [0.05, 0.1) is 25.5 Å². The number of aliphatic imine (C=N–C) groups is 1. The molecule has 1 unspecified atom stereocenters. The predicted molar refractivity (Wildman–Crippen MR) is 122 cm³/mol. The molecule has 1 aliphatic heterocycles. The summed E-state index contributed by atoms with van der Waals surface area (Å²) < 4.78 is 5.43. The molecule has 1 aromatic heterocycles. The zero-order valence-electron chi connectivity index (χ0n) is 16.1. The number of hydrogen-bond donors (Lipinski definition) is 2. The van der Waals surface area contributed by atoms with Crippen LogP contribution in [0.15, 0.2) is 41.5 Å². The van der Waals surface area contributed by atoms with E-state index in [1.807, 2.05) is 24.4 Å². The normalized spacial score (nSPS) is 16.6. The van der Waals surface area contributed by atoms with Gasteiger partial charge >= 0.3 is 0 Å². The lowest BCUT2D eigenvalue weighted by Gasteiger charge is -2.32. The Bertz CT molecular complexity index is 728. The van der Waals surface area contributed by atoms with Crippen LogP contribution in [0.2, 0.25) is 0 Å². The molecule has 7 heteroatoms. The molecule has 1 saturated heterocycles. The highest BCUT2D eigenvalue weighted by Crippen LogP contribution is 2.16. The Morgan fingerprint density at radius 2 is 2.00 bits per heavy atom. The van der Waals surface area contributed by atoms with E-state index in [0.29, 0.717) is 12.6 Å². The van der Waals surface area contributed by atoms with Crippen molar-refractivity contribution >= 4 is 40.7 Å². The SMILES string of the molecule is CCNC(=NCc1nccc2ccccc12)NCC(C)N1CCOCC1.I. The molecule has 1 aromatic carbocycles. The van der Waals surface area contributed by atoms with Crippen LogP contribution in [-0.4, -0.2) is 61.3 Å². The molecule has 3 rings (SSSR count). The molecule has 1 atom stereocenters. The zero-order valence-corrected chi connectivity index (χ0v) is 18.5. The Balaban J connectivity index is 0.00000261. The molecular weight excluding hydrogens is 453 g/mol. The summed E-state index contributed by atoms with van der Waals surface area (Å²) in [6.45, 7) is 10.2. The molecule has 148 valence electrons. The molecule has 0 amide bonds. The van der Waals surface area contributed by atoms with E-state index in [9.17, 15) is 0 Å². The van der Waals surface area contributed by atoms with Crippen molar-refractivity contribution in [3.05, 3.63) is 42.2 Å². The van der Waals surface area contributed by atoms with E-state index >= 15 is 0 Å². The maximum atomic E-state index is 5.43. The van der Waals surface area contributed by atoms with E-state index < -0.39 is 0 Å². The number of halogens is 1. The lowest BCUT2D eigenvalue weighted by molar-refractivity contribution is 0.0211. The number of rotatable bonds is 6. The molecule has 0 radical (unpaired) electrons. The maximum absolute atomic E-state index is 5.43. The fourth-order valence-corrected chi connectivity index (χ4v) is 3.20. The smallest absolute Gasteiger partial charge is 0.191 e. The number of nitrogens with zero attached hydrogens (tertiary/aromatic N) is 3. The first-order chi connectivity index (χ1) is 12.8. The summed E-state index contributed by atoms with van der Waals surface area (Å²) in [6, 6.07) is 10.8. The number of nitrogens with one attached hydrogen (secondary N) is 2. The van der Waals surface area contributed by atoms with Gasteiger partial charge in [-0.25, -0.2) is 4.99 Å². The van der Waals surface area contributed by atoms with E-state index in [1.54, 1.807) is 0 Å². The topological polar surface area (TPSA) is 61.8 Å². The van der Waals surface area contributed by atoms with Crippen LogP contribution in [0.4, 0.5) is 0 Å². The maximum Gasteiger partial charge on any atom is 0.191 e. The summed E-state index contributed by atoms with van der Waals surface area (Å²) in [6.07, 6.45) is 1.86. The second-order valence-corrected chi connectivity index (χ2v) is 6.55. The van der Waals surface area contributed by atoms with Crippen molar-refractivity contribution in [3.63, 3.8) is 0 Å². The van der Waals surface area contributed by atoms with Gasteiger partial charge in [-0.2, -0.15) is 0 Å². The van der Waals surface area contributed by atoms with E-state index in [0.717, 1.165) is 56.4 Å². The van der Waals surface area contributed by atoms with Gasteiger partial charge in [-0.05, 0) is 25.3 Å². The number of guanidine groups is 1. The minimum absolute atomic E-state index is 0. The first kappa shape index (κ1) is 21.8. The van der Waals surface area contributed by atoms with Crippen molar-refractivity contribution in [1.29, 1.82) is 0 Å². The van der Waals surface area contributed by atoms with Gasteiger partial charge in [0.15, 0.2) is 5.96 Å². The fraction of sp³-hybridized carbons (Fsp3) is 0.500. The number of aromatic nitrogens is 1. The van der Waals surface area contributed by atoms with Crippen molar-refractivity contribution in [2.24, 2.45) is 4.99 Å². The molecule has 2 aromatic rings. The summed E-state index contributed by atoms with van der Waals surface area (Å²) >= 11 is 0. The van der Waals surface area contributed by atoms with Crippen molar-refractivity contribution in [1.82, 2.24) is 20.5 Å². The number of fused-ring (bicyclic) bond motifs is 1. The first-order valence-electron chi connectivity index (χ1n) is 9.44. The minimum Gasteiger partial charge on any atom is -0.379 e. The van der Waals surface area contributed by atoms with Gasteiger partial charge < -0.3 is 15.4 Å². The molecule has 0 spiro atoms. The van der Waals surface area contributed by atoms with Gasteiger partial charge in [0.1, 0.15) is 0 Å². The number of hydrogen-bond acceptors (Lipinski definition) is 4. The second-order valence-electron chi connectivity index (χ2n) is 6.55. The van der Waals surface area contributed by atoms with Crippen molar-refractivity contribution in [2.75, 3.05) is 39.4 Å². The molecule has 0 saturated carbocycles. The Labute approximate surface area is 178 Å². The molecule has 1 aliphatic rings. The van der Waals surface area contributed by atoms with Crippen molar-refractivity contribution in [2.45, 2.75) is 26.4 Å². The Kier molecular flexibility index (Phi) is 9.23. The van der Waals surface area contributed by atoms with Crippen LogP contribution < -0.4 is 10.6 Å². The molecule has 1 fully saturated rings. The highest BCUT2D eigenvalue weighted by Gasteiger charge is 2.17. The van der Waals surface area contributed by atoms with Gasteiger partial charge in [0, 0.05) is 43.8 Å². The molecule has 27 heavy (non-hydrogen) atoms. The quantitative estimate of drug-likeness (QED) is 0.376. The number of benzene rings is 1. The second kappa shape index (κ2) is 11.4. The van der Waals surface area contributed by atoms with Crippen LogP contribution >= 0.6 is 24.0 Å². The molecule has 2 N–H and O–H groups in total. The summed E-state index contributed by atoms with van der Waals surface area (Å²) in [5.74, 6) is 0.836. The molecule has 6 nitrogen and oxygen atoms in total. The first-order valence-corrected chi connectivity index (χ1v) is 9.44. The predicted octanol–water partition coefficient (Wildman–Crippen LogP) is 2.63. The van der Waals surface area contributed by atoms with Crippen LogP contribution in [0.25, 0.3) is 10.8 Å². The van der Waals surface area contributed by atoms with Crippen LogP contribution in [0.3, 0.4) is 0 Å². The Morgan fingerprint density at radius 1 is 1.22 bits per heavy atom. The van der Waals surface area contributed by atoms with Crippen LogP contribution in [0, 0.1) is 0 Å². The third-order valence-electron chi connectivity index (χ3n) is 4.72. The van der Waals surface area contributed by atoms with E-state index in [-0.39, 0.29) is 24.0 Å². The van der Waals surface area contributed by atoms with Crippen molar-refractivity contribution in [3.8, 4) is 0 Å². The zero-order chi connectivity index (χ0) is 18.2. The lowest BCUT2D eigenvalue weighted by atomic mass is 10.1. The van der Waals surface area contributed by atoms with Crippen LogP contribution in [0.5, 0.6) is 0 Å². The monoisotopic (exact) mass is 483 g/mol. The van der Waals surface area contributed by atoms with Gasteiger partial charge in [0.25, 0.3) is 0 Å². The van der Waals surface area contributed by atoms with Crippen LogP contribution in [0.1, 0.15) is 19.5 Å². The van der Waals surface area contributed by atoms with Crippen LogP contribution in [-0.2, 0) is 11.3 Å². The van der Waals surface area contributed by atoms with Gasteiger partial charge in [-0.3, -0.25) is 9.88 Å². The standard InChI is InChI=1S/C20H29N5O.HI/c1-3-21-20(23-14-16(2)25-10-12-26-13-11-25)24-15-19-18-7-5-4-6-17(18)8-9-22-19;/h4-9,16H,3,10-15H2,1-2H3,(H2,21,23,24);1H. The molecule has 0 aliphatic carbocycles. The molecular formula is C20H30IN5O. The third kappa shape index (κ3) is 6.29. The lowest BCUT2D eigenvalue weighted by Crippen LogP contribution is -2.49. The summed E-state index contributed by atoms with van der Waals surface area (Å²) in [7, 11) is 0. The Hall–Kier alpha value is -1.45. The van der Waals surface area contributed by atoms with E-state index in [4.69, 9.17) is 9.73 Å². The highest BCUT2D eigenvalue weighted by atomic mass is 127. The summed E-state index contributed by atoms with van der Waals surface area (Å²) in [5.41, 5.74) is 1.00. The summed E-state index contributed by atoms with van der Waals surface area (Å²) in [5, 5.41) is 9.16. The fourth-order valence-electron chi connectivity index (χ4n) is 3.20. The van der Waals surface area contributed by atoms with E-state index in [2.05, 4.69) is 46.5 Å². The Morgan fingerprint density at radius 3 is 2.78 bits per heavy atom. The van der Waals surface area contributed by atoms with Crippen molar-refractivity contribution < 1.29 is 4.74 Å². The van der Waals surface area contributed by atoms with Gasteiger partial charge in [-0.15, -0.1) is 24.0 Å². The highest BCUT2D eigenvalue weighted by molar-refractivity contribution is 14.0. The minimum atomic E-state index is 0. The number of pyridine rings is 1. The third-order valence-corrected chi connectivity index (χ3v) is 4.72. The number of morpholine rings is 1. The molecule has 2 heterocycles.